The van der Waals surface area contributed by atoms with Crippen molar-refractivity contribution in [1.82, 2.24) is 9.55 Å². The van der Waals surface area contributed by atoms with E-state index in [2.05, 4.69) is 18.1 Å². The highest BCUT2D eigenvalue weighted by atomic mass is 32.2. The predicted octanol–water partition coefficient (Wildman–Crippen LogP) is -1.78. The Morgan fingerprint density at radius 1 is 1.03 bits per heavy atom. The molecule has 16 nitrogen and oxygen atoms in total. The molecular weight excluding hydrogens is 485 g/mol. The van der Waals surface area contributed by atoms with Crippen LogP contribution in [0.25, 0.3) is 0 Å². The second-order valence-corrected chi connectivity index (χ2v) is 11.2. The van der Waals surface area contributed by atoms with Gasteiger partial charge in [-0.1, -0.05) is 0 Å². The van der Waals surface area contributed by atoms with Crippen molar-refractivity contribution in [2.24, 2.45) is 0 Å². The van der Waals surface area contributed by atoms with Gasteiger partial charge in [0.15, 0.2) is 0 Å². The number of rotatable bonds is 8. The fourth-order valence-electron chi connectivity index (χ4n) is 2.23. The van der Waals surface area contributed by atoms with Crippen LogP contribution in [0.5, 0.6) is 0 Å². The highest BCUT2D eigenvalue weighted by Gasteiger charge is 2.46. The first-order chi connectivity index (χ1) is 13.1. The van der Waals surface area contributed by atoms with E-state index in [4.69, 9.17) is 14.7 Å². The first-order valence-corrected chi connectivity index (χ1v) is 12.7. The molecule has 0 bridgehead atoms. The lowest BCUT2D eigenvalue weighted by molar-refractivity contribution is 0.00954. The Balaban J connectivity index is 2.08. The summed E-state index contributed by atoms with van der Waals surface area (Å²) in [6.45, 7) is -0.900. The summed E-state index contributed by atoms with van der Waals surface area (Å²) >= 11 is 0.620. The van der Waals surface area contributed by atoms with Gasteiger partial charge in [0.05, 0.1) is 18.0 Å². The standard InChI is InChI=1S/C9H15N2O14P3S/c12-5-1-2-10-9(15)11(5)8-7(14)6(13)4(29-8)3-23-27(19,20)25-28(21,22)24-26(16,17)18/h1-2,4,6-8,13-14H,3H2,(H,10,15)(H,19,20)(H,21,22)(H2,16,17,18)/t4-,6-,7-,8-/m1/s1. The number of hydrogen-bond donors (Lipinski definition) is 7. The van der Waals surface area contributed by atoms with Crippen LogP contribution in [-0.2, 0) is 26.8 Å². The maximum absolute atomic E-state index is 11.8. The summed E-state index contributed by atoms with van der Waals surface area (Å²) < 4.78 is 45.6. The van der Waals surface area contributed by atoms with Gasteiger partial charge >= 0.3 is 29.2 Å². The number of phosphoric ester groups is 1. The normalized spacial score (nSPS) is 29.3. The van der Waals surface area contributed by atoms with E-state index < -0.39 is 64.2 Å². The minimum Gasteiger partial charge on any atom is -0.389 e. The number of aromatic amines is 1. The largest absolute Gasteiger partial charge is 0.490 e. The summed E-state index contributed by atoms with van der Waals surface area (Å²) in [5.41, 5.74) is -1.69. The molecule has 0 saturated carbocycles. The average Bonchev–Trinajstić information content (AvgIpc) is 2.78. The van der Waals surface area contributed by atoms with Gasteiger partial charge in [0, 0.05) is 12.3 Å². The number of aromatic nitrogens is 2. The van der Waals surface area contributed by atoms with Crippen molar-refractivity contribution >= 4 is 35.2 Å². The van der Waals surface area contributed by atoms with Gasteiger partial charge in [-0.2, -0.15) is 8.62 Å². The smallest absolute Gasteiger partial charge is 0.389 e. The first kappa shape index (κ1) is 24.6. The molecule has 2 unspecified atom stereocenters. The van der Waals surface area contributed by atoms with E-state index in [9.17, 15) is 38.4 Å². The summed E-state index contributed by atoms with van der Waals surface area (Å²) in [5, 5.41) is 17.6. The fourth-order valence-corrected chi connectivity index (χ4v) is 6.84. The Kier molecular flexibility index (Phi) is 7.51. The van der Waals surface area contributed by atoms with Crippen LogP contribution in [0.3, 0.4) is 0 Å². The van der Waals surface area contributed by atoms with E-state index in [1.807, 2.05) is 0 Å². The van der Waals surface area contributed by atoms with Crippen LogP contribution < -0.4 is 11.2 Å². The van der Waals surface area contributed by atoms with Crippen LogP contribution in [0.2, 0.25) is 0 Å². The number of aliphatic hydroxyl groups excluding tert-OH is 2. The monoisotopic (exact) mass is 500 g/mol. The van der Waals surface area contributed by atoms with Gasteiger partial charge in [0.25, 0.3) is 5.56 Å². The lowest BCUT2D eigenvalue weighted by atomic mass is 10.1. The number of nitrogens with one attached hydrogen (secondary N) is 1. The van der Waals surface area contributed by atoms with Crippen molar-refractivity contribution in [2.45, 2.75) is 22.8 Å². The molecule has 1 aliphatic rings. The highest BCUT2D eigenvalue weighted by Crippen LogP contribution is 2.66. The summed E-state index contributed by atoms with van der Waals surface area (Å²) in [6, 6.07) is 0.987. The number of H-pyrrole nitrogens is 1. The lowest BCUT2D eigenvalue weighted by Gasteiger charge is -2.19. The molecule has 0 aliphatic carbocycles. The molecule has 29 heavy (non-hydrogen) atoms. The van der Waals surface area contributed by atoms with Crippen LogP contribution in [0.15, 0.2) is 21.9 Å². The van der Waals surface area contributed by atoms with Gasteiger partial charge in [0.2, 0.25) is 0 Å². The van der Waals surface area contributed by atoms with E-state index in [0.717, 1.165) is 12.3 Å². The molecule has 2 heterocycles. The Labute approximate surface area is 164 Å². The Morgan fingerprint density at radius 2 is 1.66 bits per heavy atom. The predicted molar refractivity (Wildman–Crippen MR) is 93.6 cm³/mol. The zero-order valence-electron chi connectivity index (χ0n) is 13.8. The van der Waals surface area contributed by atoms with Crippen molar-refractivity contribution < 1.29 is 56.6 Å². The SMILES string of the molecule is O=c1cc[nH]c(=O)n1[C@@H]1S[C@H](COP(=O)(O)OP(=O)(O)OP(=O)(O)O)[C@@H](O)[C@H]1O. The third kappa shape index (κ3) is 6.67. The summed E-state index contributed by atoms with van der Waals surface area (Å²) in [6.07, 6.45) is -2.27. The Hall–Kier alpha value is -0.640. The van der Waals surface area contributed by atoms with E-state index in [1.54, 1.807) is 0 Å². The van der Waals surface area contributed by atoms with Crippen molar-refractivity contribution in [1.29, 1.82) is 0 Å². The van der Waals surface area contributed by atoms with E-state index in [1.165, 1.54) is 0 Å². The molecule has 1 aromatic rings. The fraction of sp³-hybridized carbons (Fsp3) is 0.556. The second kappa shape index (κ2) is 8.85. The third-order valence-electron chi connectivity index (χ3n) is 3.30. The molecule has 6 atom stereocenters. The van der Waals surface area contributed by atoms with Gasteiger partial charge < -0.3 is 34.8 Å². The molecule has 0 spiro atoms. The topological polar surface area (TPSA) is 255 Å². The van der Waals surface area contributed by atoms with E-state index in [-0.39, 0.29) is 0 Å². The van der Waals surface area contributed by atoms with Gasteiger partial charge in [-0.3, -0.25) is 9.32 Å². The molecule has 1 saturated heterocycles. The Bertz CT molecular complexity index is 974. The van der Waals surface area contributed by atoms with E-state index in [0.29, 0.717) is 16.3 Å². The summed E-state index contributed by atoms with van der Waals surface area (Å²) in [4.78, 5) is 61.2. The Morgan fingerprint density at radius 3 is 2.21 bits per heavy atom. The van der Waals surface area contributed by atoms with Gasteiger partial charge in [0.1, 0.15) is 11.5 Å². The summed E-state index contributed by atoms with van der Waals surface area (Å²) in [5.74, 6) is 0. The average molecular weight is 500 g/mol. The van der Waals surface area contributed by atoms with Gasteiger partial charge in [-0.05, 0) is 0 Å². The molecule has 20 heteroatoms. The molecule has 2 rings (SSSR count). The minimum atomic E-state index is -5.71. The zero-order chi connectivity index (χ0) is 22.2. The van der Waals surface area contributed by atoms with Crippen LogP contribution >= 0.6 is 35.2 Å². The molecule has 166 valence electrons. The van der Waals surface area contributed by atoms with Crippen LogP contribution in [0.1, 0.15) is 5.37 Å². The van der Waals surface area contributed by atoms with Crippen LogP contribution in [0, 0.1) is 0 Å². The molecule has 1 fully saturated rings. The summed E-state index contributed by atoms with van der Waals surface area (Å²) in [7, 11) is -16.7. The van der Waals surface area contributed by atoms with Gasteiger partial charge in [-0.25, -0.2) is 23.1 Å². The number of nitrogens with zero attached hydrogens (tertiary/aromatic N) is 1. The molecule has 0 radical (unpaired) electrons. The molecule has 1 aliphatic heterocycles. The van der Waals surface area contributed by atoms with Crippen molar-refractivity contribution in [2.75, 3.05) is 6.61 Å². The van der Waals surface area contributed by atoms with E-state index >= 15 is 0 Å². The quantitative estimate of drug-likeness (QED) is 0.195. The number of phosphoric acid groups is 3. The lowest BCUT2D eigenvalue weighted by Crippen LogP contribution is -2.41. The maximum Gasteiger partial charge on any atom is 0.490 e. The van der Waals surface area contributed by atoms with Crippen molar-refractivity contribution in [3.8, 4) is 0 Å². The number of aliphatic hydroxyl groups is 2. The molecule has 0 aromatic carbocycles. The minimum absolute atomic E-state index is 0.601. The maximum atomic E-state index is 11.8. The number of hydrogen-bond acceptors (Lipinski definition) is 11. The van der Waals surface area contributed by atoms with Crippen LogP contribution in [-0.4, -0.2) is 63.4 Å². The zero-order valence-corrected chi connectivity index (χ0v) is 17.3. The second-order valence-electron chi connectivity index (χ2n) is 5.42. The van der Waals surface area contributed by atoms with Gasteiger partial charge in [-0.15, -0.1) is 11.8 Å². The number of thioether (sulfide) groups is 1. The third-order valence-corrected chi connectivity index (χ3v) is 8.63. The first-order valence-electron chi connectivity index (χ1n) is 7.22. The van der Waals surface area contributed by atoms with Crippen molar-refractivity contribution in [3.05, 3.63) is 33.1 Å². The highest BCUT2D eigenvalue weighted by molar-refractivity contribution is 8.00. The van der Waals surface area contributed by atoms with Crippen LogP contribution in [0.4, 0.5) is 0 Å². The molecule has 0 amide bonds. The molecule has 7 N–H and O–H groups in total. The molecular formula is C9H15N2O14P3S. The van der Waals surface area contributed by atoms with Crippen molar-refractivity contribution in [3.63, 3.8) is 0 Å². The molecule has 1 aromatic heterocycles.